The van der Waals surface area contributed by atoms with Crippen LogP contribution in [-0.2, 0) is 20.7 Å². The second-order valence-corrected chi connectivity index (χ2v) is 6.87. The van der Waals surface area contributed by atoms with Crippen LogP contribution in [0.25, 0.3) is 0 Å². The molecule has 1 aromatic rings. The summed E-state index contributed by atoms with van der Waals surface area (Å²) < 4.78 is 4.98. The van der Waals surface area contributed by atoms with E-state index in [1.807, 2.05) is 24.3 Å². The minimum Gasteiger partial charge on any atom is -0.466 e. The summed E-state index contributed by atoms with van der Waals surface area (Å²) in [5, 5.41) is 6.49. The number of benzene rings is 1. The highest BCUT2D eigenvalue weighted by molar-refractivity contribution is 5.96. The van der Waals surface area contributed by atoms with Gasteiger partial charge in [-0.05, 0) is 49.9 Å². The van der Waals surface area contributed by atoms with E-state index in [-0.39, 0.29) is 23.7 Å². The molecule has 2 atom stereocenters. The summed E-state index contributed by atoms with van der Waals surface area (Å²) >= 11 is 0. The Morgan fingerprint density at radius 1 is 1.38 bits per heavy atom. The molecule has 5 heteroatoms. The molecule has 1 aliphatic carbocycles. The molecule has 2 N–H and O–H groups in total. The molecule has 1 heterocycles. The van der Waals surface area contributed by atoms with Gasteiger partial charge in [-0.15, -0.1) is 0 Å². The fraction of sp³-hybridized carbons (Fsp3) is 0.579. The molecule has 2 aliphatic rings. The first-order chi connectivity index (χ1) is 11.6. The summed E-state index contributed by atoms with van der Waals surface area (Å²) in [4.78, 5) is 24.6. The van der Waals surface area contributed by atoms with Gasteiger partial charge in [0, 0.05) is 12.2 Å². The molecule has 0 spiro atoms. The Balaban J connectivity index is 1.69. The molecule has 1 saturated carbocycles. The summed E-state index contributed by atoms with van der Waals surface area (Å²) in [6.07, 6.45) is 4.65. The van der Waals surface area contributed by atoms with Crippen molar-refractivity contribution < 1.29 is 14.3 Å². The van der Waals surface area contributed by atoms with Gasteiger partial charge in [0.1, 0.15) is 0 Å². The maximum absolute atomic E-state index is 13.0. The monoisotopic (exact) mass is 330 g/mol. The SMILES string of the molecule is CCOC(=O)Cc1cccc(NC(=O)[C@@]23CCCC[C@H]2CNC3)c1. The lowest BCUT2D eigenvalue weighted by molar-refractivity contribution is -0.142. The molecule has 5 nitrogen and oxygen atoms in total. The average Bonchev–Trinajstić information content (AvgIpc) is 3.00. The molecule has 0 bridgehead atoms. The molecule has 3 rings (SSSR count). The summed E-state index contributed by atoms with van der Waals surface area (Å²) in [7, 11) is 0. The number of carbonyl (C=O) groups is 2. The highest BCUT2D eigenvalue weighted by atomic mass is 16.5. The van der Waals surface area contributed by atoms with Crippen molar-refractivity contribution >= 4 is 17.6 Å². The van der Waals surface area contributed by atoms with E-state index in [1.54, 1.807) is 6.92 Å². The number of anilines is 1. The minimum absolute atomic E-state index is 0.116. The number of hydrogen-bond donors (Lipinski definition) is 2. The third-order valence-corrected chi connectivity index (χ3v) is 5.33. The fourth-order valence-corrected chi connectivity index (χ4v) is 4.08. The van der Waals surface area contributed by atoms with Crippen LogP contribution < -0.4 is 10.6 Å². The van der Waals surface area contributed by atoms with Crippen LogP contribution in [0.2, 0.25) is 0 Å². The molecule has 0 aromatic heterocycles. The average molecular weight is 330 g/mol. The Morgan fingerprint density at radius 3 is 3.08 bits per heavy atom. The van der Waals surface area contributed by atoms with Crippen molar-refractivity contribution in [1.82, 2.24) is 5.32 Å². The van der Waals surface area contributed by atoms with E-state index in [0.29, 0.717) is 12.5 Å². The molecular formula is C19H26N2O3. The number of rotatable bonds is 5. The van der Waals surface area contributed by atoms with Gasteiger partial charge in [-0.2, -0.15) is 0 Å². The lowest BCUT2D eigenvalue weighted by Gasteiger charge is -2.37. The van der Waals surface area contributed by atoms with Crippen LogP contribution in [0.15, 0.2) is 24.3 Å². The molecule has 0 radical (unpaired) electrons. The van der Waals surface area contributed by atoms with Crippen LogP contribution in [0.4, 0.5) is 5.69 Å². The van der Waals surface area contributed by atoms with Crippen molar-refractivity contribution in [3.05, 3.63) is 29.8 Å². The molecule has 130 valence electrons. The number of fused-ring (bicyclic) bond motifs is 1. The molecular weight excluding hydrogens is 304 g/mol. The fourth-order valence-electron chi connectivity index (χ4n) is 4.08. The predicted octanol–water partition coefficient (Wildman–Crippen LogP) is 2.51. The number of esters is 1. The first-order valence-corrected chi connectivity index (χ1v) is 8.91. The Bertz CT molecular complexity index is 616. The molecule has 0 unspecified atom stereocenters. The zero-order valence-corrected chi connectivity index (χ0v) is 14.3. The summed E-state index contributed by atoms with van der Waals surface area (Å²) in [6.45, 7) is 3.89. The number of ether oxygens (including phenoxy) is 1. The highest BCUT2D eigenvalue weighted by Crippen LogP contribution is 2.44. The van der Waals surface area contributed by atoms with E-state index in [4.69, 9.17) is 4.74 Å². The number of nitrogens with one attached hydrogen (secondary N) is 2. The standard InChI is InChI=1S/C19H26N2O3/c1-2-24-17(22)11-14-6-5-8-16(10-14)21-18(23)19-9-4-3-7-15(19)12-20-13-19/h5-6,8,10,15,20H,2-4,7,9,11-13H2,1H3,(H,21,23)/t15-,19+/m0/s1. The van der Waals surface area contributed by atoms with Gasteiger partial charge in [-0.1, -0.05) is 25.0 Å². The van der Waals surface area contributed by atoms with E-state index >= 15 is 0 Å². The normalized spacial score (nSPS) is 25.8. The van der Waals surface area contributed by atoms with Crippen molar-refractivity contribution in [2.75, 3.05) is 25.0 Å². The lowest BCUT2D eigenvalue weighted by Crippen LogP contribution is -2.44. The number of hydrogen-bond acceptors (Lipinski definition) is 4. The summed E-state index contributed by atoms with van der Waals surface area (Å²) in [5.41, 5.74) is 1.34. The Hall–Kier alpha value is -1.88. The van der Waals surface area contributed by atoms with Gasteiger partial charge in [0.05, 0.1) is 18.4 Å². The van der Waals surface area contributed by atoms with Crippen LogP contribution in [0.3, 0.4) is 0 Å². The van der Waals surface area contributed by atoms with Gasteiger partial charge in [0.2, 0.25) is 5.91 Å². The Morgan fingerprint density at radius 2 is 2.25 bits per heavy atom. The van der Waals surface area contributed by atoms with Gasteiger partial charge in [-0.25, -0.2) is 0 Å². The molecule has 1 aliphatic heterocycles. The van der Waals surface area contributed by atoms with Crippen molar-refractivity contribution in [2.24, 2.45) is 11.3 Å². The van der Waals surface area contributed by atoms with E-state index < -0.39 is 0 Å². The van der Waals surface area contributed by atoms with Crippen LogP contribution >= 0.6 is 0 Å². The van der Waals surface area contributed by atoms with Crippen molar-refractivity contribution in [2.45, 2.75) is 39.0 Å². The van der Waals surface area contributed by atoms with Crippen molar-refractivity contribution in [3.63, 3.8) is 0 Å². The van der Waals surface area contributed by atoms with E-state index in [1.165, 1.54) is 6.42 Å². The van der Waals surface area contributed by atoms with Gasteiger partial charge >= 0.3 is 5.97 Å². The Labute approximate surface area is 143 Å². The van der Waals surface area contributed by atoms with Crippen LogP contribution in [0.5, 0.6) is 0 Å². The quantitative estimate of drug-likeness (QED) is 0.814. The third kappa shape index (κ3) is 3.46. The van der Waals surface area contributed by atoms with Gasteiger partial charge in [-0.3, -0.25) is 9.59 Å². The molecule has 1 saturated heterocycles. The predicted molar refractivity (Wildman–Crippen MR) is 92.7 cm³/mol. The van der Waals surface area contributed by atoms with Gasteiger partial charge in [0.15, 0.2) is 0 Å². The van der Waals surface area contributed by atoms with Gasteiger partial charge < -0.3 is 15.4 Å². The zero-order chi connectivity index (χ0) is 17.0. The number of carbonyl (C=O) groups excluding carboxylic acids is 2. The van der Waals surface area contributed by atoms with Crippen LogP contribution in [-0.4, -0.2) is 31.6 Å². The second-order valence-electron chi connectivity index (χ2n) is 6.87. The van der Waals surface area contributed by atoms with E-state index in [9.17, 15) is 9.59 Å². The van der Waals surface area contributed by atoms with E-state index in [2.05, 4.69) is 10.6 Å². The largest absolute Gasteiger partial charge is 0.466 e. The third-order valence-electron chi connectivity index (χ3n) is 5.33. The maximum Gasteiger partial charge on any atom is 0.310 e. The van der Waals surface area contributed by atoms with Crippen LogP contribution in [0, 0.1) is 11.3 Å². The van der Waals surface area contributed by atoms with E-state index in [0.717, 1.165) is 43.6 Å². The molecule has 1 aromatic carbocycles. The number of amides is 1. The molecule has 2 fully saturated rings. The van der Waals surface area contributed by atoms with Crippen LogP contribution in [0.1, 0.15) is 38.2 Å². The summed E-state index contributed by atoms with van der Waals surface area (Å²) in [5.74, 6) is 0.311. The molecule has 24 heavy (non-hydrogen) atoms. The zero-order valence-electron chi connectivity index (χ0n) is 14.3. The first-order valence-electron chi connectivity index (χ1n) is 8.91. The summed E-state index contributed by atoms with van der Waals surface area (Å²) in [6, 6.07) is 7.49. The molecule has 1 amide bonds. The Kier molecular flexibility index (Phi) is 5.19. The topological polar surface area (TPSA) is 67.4 Å². The van der Waals surface area contributed by atoms with Gasteiger partial charge in [0.25, 0.3) is 0 Å². The smallest absolute Gasteiger partial charge is 0.310 e. The van der Waals surface area contributed by atoms with Crippen molar-refractivity contribution in [1.29, 1.82) is 0 Å². The minimum atomic E-state index is -0.268. The maximum atomic E-state index is 13.0. The second kappa shape index (κ2) is 7.34. The first kappa shape index (κ1) is 17.0. The van der Waals surface area contributed by atoms with Crippen molar-refractivity contribution in [3.8, 4) is 0 Å². The highest BCUT2D eigenvalue weighted by Gasteiger charge is 2.49. The lowest BCUT2D eigenvalue weighted by atomic mass is 9.67.